The molecule has 27 heavy (non-hydrogen) atoms. The minimum atomic E-state index is -0.919. The third-order valence-electron chi connectivity index (χ3n) is 4.68. The van der Waals surface area contributed by atoms with E-state index < -0.39 is 5.97 Å². The van der Waals surface area contributed by atoms with E-state index in [9.17, 15) is 9.90 Å². The van der Waals surface area contributed by atoms with Crippen LogP contribution in [0.4, 0.5) is 0 Å². The number of carbonyl (C=O) groups is 1. The van der Waals surface area contributed by atoms with Gasteiger partial charge in [0.15, 0.2) is 0 Å². The first-order valence-electron chi connectivity index (χ1n) is 9.03. The minimum absolute atomic E-state index is 0.348. The molecule has 0 aromatic heterocycles. The second-order valence-corrected chi connectivity index (χ2v) is 7.12. The van der Waals surface area contributed by atoms with E-state index in [1.165, 1.54) is 11.1 Å². The summed E-state index contributed by atoms with van der Waals surface area (Å²) in [5, 5.41) is 12.8. The molecule has 0 spiro atoms. The average molecular weight is 363 g/mol. The van der Waals surface area contributed by atoms with Crippen molar-refractivity contribution >= 4 is 5.97 Å². The Balaban J connectivity index is 1.93. The molecule has 1 unspecified atom stereocenters. The van der Waals surface area contributed by atoms with Crippen molar-refractivity contribution in [2.24, 2.45) is 0 Å². The molecular weight excluding hydrogens is 338 g/mol. The van der Waals surface area contributed by atoms with Crippen molar-refractivity contribution in [3.8, 4) is 5.75 Å². The normalized spacial score (nSPS) is 16.6. The number of hydrogen-bond acceptors (Lipinski definition) is 3. The first kappa shape index (κ1) is 18.8. The van der Waals surface area contributed by atoms with Crippen LogP contribution < -0.4 is 10.1 Å². The molecule has 1 heterocycles. The molecule has 0 fully saturated rings. The van der Waals surface area contributed by atoms with Gasteiger partial charge in [0.1, 0.15) is 12.4 Å². The van der Waals surface area contributed by atoms with Gasteiger partial charge in [-0.1, -0.05) is 53.6 Å². The fourth-order valence-electron chi connectivity index (χ4n) is 3.69. The average Bonchev–Trinajstić information content (AvgIpc) is 2.58. The quantitative estimate of drug-likeness (QED) is 0.799. The van der Waals surface area contributed by atoms with Gasteiger partial charge < -0.3 is 15.2 Å². The molecule has 0 amide bonds. The number of rotatable bonds is 5. The molecule has 4 nitrogen and oxygen atoms in total. The number of allylic oxidation sites excluding steroid dienone is 3. The first-order chi connectivity index (χ1) is 12.8. The monoisotopic (exact) mass is 363 g/mol. The van der Waals surface area contributed by atoms with Gasteiger partial charge in [-0.15, -0.1) is 0 Å². The van der Waals surface area contributed by atoms with Gasteiger partial charge in [0, 0.05) is 22.9 Å². The summed E-state index contributed by atoms with van der Waals surface area (Å²) in [4.78, 5) is 11.9. The molecule has 1 aliphatic heterocycles. The summed E-state index contributed by atoms with van der Waals surface area (Å²) in [5.74, 6) is -0.559. The van der Waals surface area contributed by atoms with E-state index in [2.05, 4.69) is 37.4 Å². The first-order valence-corrected chi connectivity index (χ1v) is 9.03. The maximum absolute atomic E-state index is 11.9. The Morgan fingerprint density at radius 2 is 1.74 bits per heavy atom. The fourth-order valence-corrected chi connectivity index (χ4v) is 3.69. The van der Waals surface area contributed by atoms with Gasteiger partial charge in [0.05, 0.1) is 5.57 Å². The molecular formula is C23H25NO3. The second kappa shape index (κ2) is 7.70. The Morgan fingerprint density at radius 3 is 2.41 bits per heavy atom. The third-order valence-corrected chi connectivity index (χ3v) is 4.68. The number of dihydropyridines is 1. The molecule has 140 valence electrons. The van der Waals surface area contributed by atoms with Gasteiger partial charge in [-0.05, 0) is 39.3 Å². The Labute approximate surface area is 160 Å². The van der Waals surface area contributed by atoms with E-state index in [1.54, 1.807) is 6.92 Å². The topological polar surface area (TPSA) is 58.6 Å². The van der Waals surface area contributed by atoms with Crippen LogP contribution in [0.15, 0.2) is 65.5 Å². The van der Waals surface area contributed by atoms with Crippen molar-refractivity contribution < 1.29 is 14.6 Å². The SMILES string of the molecule is CC1=CC(c2ccccc2OCc2cc(C)cc(C)c2)C(C(=O)O)=C(C)N1. The predicted molar refractivity (Wildman–Crippen MR) is 107 cm³/mol. The number of benzene rings is 2. The van der Waals surface area contributed by atoms with Crippen LogP contribution in [-0.2, 0) is 11.4 Å². The molecule has 0 saturated carbocycles. The van der Waals surface area contributed by atoms with Crippen LogP contribution in [0.5, 0.6) is 5.75 Å². The molecule has 3 rings (SSSR count). The highest BCUT2D eigenvalue weighted by atomic mass is 16.5. The zero-order valence-electron chi connectivity index (χ0n) is 16.2. The molecule has 2 N–H and O–H groups in total. The van der Waals surface area contributed by atoms with E-state index in [0.717, 1.165) is 16.8 Å². The molecule has 2 aromatic carbocycles. The van der Waals surface area contributed by atoms with Gasteiger partial charge in [-0.3, -0.25) is 0 Å². The van der Waals surface area contributed by atoms with Crippen LogP contribution in [0, 0.1) is 13.8 Å². The predicted octanol–water partition coefficient (Wildman–Crippen LogP) is 4.83. The highest BCUT2D eigenvalue weighted by Crippen LogP contribution is 2.37. The van der Waals surface area contributed by atoms with Crippen LogP contribution in [0.2, 0.25) is 0 Å². The lowest BCUT2D eigenvalue weighted by atomic mass is 9.86. The van der Waals surface area contributed by atoms with Gasteiger partial charge in [-0.25, -0.2) is 4.79 Å². The molecule has 1 aliphatic rings. The Bertz CT molecular complexity index is 920. The Hall–Kier alpha value is -3.01. The van der Waals surface area contributed by atoms with Crippen molar-refractivity contribution in [1.29, 1.82) is 0 Å². The third kappa shape index (κ3) is 4.22. The summed E-state index contributed by atoms with van der Waals surface area (Å²) in [6.45, 7) is 8.32. The number of aliphatic carboxylic acids is 1. The molecule has 2 aromatic rings. The smallest absolute Gasteiger partial charge is 0.334 e. The Kier molecular flexibility index (Phi) is 5.36. The molecule has 0 saturated heterocycles. The van der Waals surface area contributed by atoms with E-state index in [1.807, 2.05) is 37.3 Å². The number of hydrogen-bond donors (Lipinski definition) is 2. The second-order valence-electron chi connectivity index (χ2n) is 7.12. The van der Waals surface area contributed by atoms with Crippen molar-refractivity contribution in [2.45, 2.75) is 40.2 Å². The summed E-state index contributed by atoms with van der Waals surface area (Å²) in [6.07, 6.45) is 1.94. The Morgan fingerprint density at radius 1 is 1.07 bits per heavy atom. The van der Waals surface area contributed by atoms with E-state index in [-0.39, 0.29) is 5.92 Å². The van der Waals surface area contributed by atoms with Crippen molar-refractivity contribution in [3.63, 3.8) is 0 Å². The molecule has 4 heteroatoms. The number of nitrogens with one attached hydrogen (secondary N) is 1. The van der Waals surface area contributed by atoms with Gasteiger partial charge in [0.25, 0.3) is 0 Å². The number of para-hydroxylation sites is 1. The van der Waals surface area contributed by atoms with Gasteiger partial charge in [0.2, 0.25) is 0 Å². The maximum atomic E-state index is 11.9. The lowest BCUT2D eigenvalue weighted by Crippen LogP contribution is -2.24. The van der Waals surface area contributed by atoms with Gasteiger partial charge >= 0.3 is 5.97 Å². The van der Waals surface area contributed by atoms with Crippen molar-refractivity contribution in [2.75, 3.05) is 0 Å². The molecule has 0 bridgehead atoms. The summed E-state index contributed by atoms with van der Waals surface area (Å²) >= 11 is 0. The lowest BCUT2D eigenvalue weighted by Gasteiger charge is -2.26. The standard InChI is InChI=1S/C23H25NO3/c1-14-9-15(2)11-18(10-14)13-27-21-8-6-5-7-19(21)20-12-16(3)24-17(4)22(20)23(25)26/h5-12,20,24H,13H2,1-4H3,(H,25,26). The highest BCUT2D eigenvalue weighted by molar-refractivity contribution is 5.90. The maximum Gasteiger partial charge on any atom is 0.334 e. The molecule has 0 aliphatic carbocycles. The largest absolute Gasteiger partial charge is 0.489 e. The zero-order valence-corrected chi connectivity index (χ0v) is 16.2. The number of carboxylic acid groups (broad SMARTS) is 1. The van der Waals surface area contributed by atoms with Gasteiger partial charge in [-0.2, -0.15) is 0 Å². The molecule has 1 atom stereocenters. The zero-order chi connectivity index (χ0) is 19.6. The lowest BCUT2D eigenvalue weighted by molar-refractivity contribution is -0.133. The minimum Gasteiger partial charge on any atom is -0.489 e. The van der Waals surface area contributed by atoms with E-state index in [0.29, 0.717) is 23.6 Å². The van der Waals surface area contributed by atoms with E-state index in [4.69, 9.17) is 4.74 Å². The van der Waals surface area contributed by atoms with Crippen molar-refractivity contribution in [1.82, 2.24) is 5.32 Å². The fraction of sp³-hybridized carbons (Fsp3) is 0.261. The summed E-state index contributed by atoms with van der Waals surface area (Å²) in [7, 11) is 0. The summed E-state index contributed by atoms with van der Waals surface area (Å²) < 4.78 is 6.12. The summed E-state index contributed by atoms with van der Waals surface area (Å²) in [5.41, 5.74) is 6.31. The van der Waals surface area contributed by atoms with E-state index >= 15 is 0 Å². The van der Waals surface area contributed by atoms with Crippen LogP contribution in [-0.4, -0.2) is 11.1 Å². The number of ether oxygens (including phenoxy) is 1. The van der Waals surface area contributed by atoms with Crippen LogP contribution in [0.3, 0.4) is 0 Å². The van der Waals surface area contributed by atoms with Crippen molar-refractivity contribution in [3.05, 3.63) is 87.8 Å². The number of aryl methyl sites for hydroxylation is 2. The highest BCUT2D eigenvalue weighted by Gasteiger charge is 2.28. The van der Waals surface area contributed by atoms with Crippen LogP contribution >= 0.6 is 0 Å². The van der Waals surface area contributed by atoms with Crippen LogP contribution in [0.25, 0.3) is 0 Å². The number of carboxylic acids is 1. The van der Waals surface area contributed by atoms with Crippen LogP contribution in [0.1, 0.15) is 42.0 Å². The summed E-state index contributed by atoms with van der Waals surface area (Å²) in [6, 6.07) is 14.0. The molecule has 0 radical (unpaired) electrons.